The second kappa shape index (κ2) is 8.22. The molecule has 0 bridgehead atoms. The largest absolute Gasteiger partial charge is 0.497 e. The Labute approximate surface area is 166 Å². The van der Waals surface area contributed by atoms with Crippen LogP contribution in [0.2, 0.25) is 0 Å². The monoisotopic (exact) mass is 390 g/mol. The molecule has 0 radical (unpaired) electrons. The van der Waals surface area contributed by atoms with Crippen molar-refractivity contribution < 1.29 is 9.53 Å². The molecule has 1 aromatic heterocycles. The number of nitrogens with zero attached hydrogens (tertiary/aromatic N) is 4. The molecule has 0 spiro atoms. The SMILES string of the molecule is COc1ccc(Cn2nnnc2SCC(=O)c2cccc3ccccc23)cc1. The predicted molar refractivity (Wildman–Crippen MR) is 109 cm³/mol. The maximum atomic E-state index is 12.8. The Morgan fingerprint density at radius 1 is 1.04 bits per heavy atom. The molecular formula is C21H18N4O2S. The highest BCUT2D eigenvalue weighted by atomic mass is 32.2. The summed E-state index contributed by atoms with van der Waals surface area (Å²) < 4.78 is 6.87. The number of benzene rings is 3. The Hall–Kier alpha value is -3.19. The molecule has 6 nitrogen and oxygen atoms in total. The van der Waals surface area contributed by atoms with Gasteiger partial charge in [-0.25, -0.2) is 4.68 Å². The molecule has 3 aromatic carbocycles. The van der Waals surface area contributed by atoms with E-state index in [4.69, 9.17) is 4.74 Å². The lowest BCUT2D eigenvalue weighted by Gasteiger charge is -2.07. The maximum Gasteiger partial charge on any atom is 0.210 e. The molecule has 0 saturated carbocycles. The van der Waals surface area contributed by atoms with Gasteiger partial charge >= 0.3 is 0 Å². The molecule has 0 saturated heterocycles. The minimum atomic E-state index is 0.0563. The highest BCUT2D eigenvalue weighted by molar-refractivity contribution is 7.99. The number of ketones is 1. The molecule has 0 aliphatic rings. The van der Waals surface area contributed by atoms with Crippen LogP contribution in [-0.4, -0.2) is 38.9 Å². The molecule has 4 aromatic rings. The Morgan fingerprint density at radius 2 is 1.82 bits per heavy atom. The van der Waals surface area contributed by atoms with Crippen molar-refractivity contribution in [2.45, 2.75) is 11.7 Å². The van der Waals surface area contributed by atoms with Gasteiger partial charge in [0.25, 0.3) is 0 Å². The second-order valence-corrected chi connectivity index (χ2v) is 7.15. The number of Topliss-reactive ketones (excluding diaryl/α,β-unsaturated/α-hetero) is 1. The normalized spacial score (nSPS) is 10.9. The zero-order valence-electron chi connectivity index (χ0n) is 15.3. The summed E-state index contributed by atoms with van der Waals surface area (Å²) >= 11 is 1.34. The van der Waals surface area contributed by atoms with Gasteiger partial charge in [0, 0.05) is 5.56 Å². The molecule has 0 fully saturated rings. The van der Waals surface area contributed by atoms with Gasteiger partial charge in [0.2, 0.25) is 5.16 Å². The van der Waals surface area contributed by atoms with Crippen LogP contribution in [-0.2, 0) is 6.54 Å². The summed E-state index contributed by atoms with van der Waals surface area (Å²) in [5.74, 6) is 1.13. The van der Waals surface area contributed by atoms with Gasteiger partial charge in [0.15, 0.2) is 5.78 Å². The topological polar surface area (TPSA) is 69.9 Å². The first kappa shape index (κ1) is 18.2. The van der Waals surface area contributed by atoms with Crippen molar-refractivity contribution in [3.63, 3.8) is 0 Å². The van der Waals surface area contributed by atoms with Crippen molar-refractivity contribution in [1.82, 2.24) is 20.2 Å². The minimum absolute atomic E-state index is 0.0563. The van der Waals surface area contributed by atoms with E-state index in [1.807, 2.05) is 66.7 Å². The number of hydrogen-bond donors (Lipinski definition) is 0. The Balaban J connectivity index is 1.46. The molecule has 0 aliphatic heterocycles. The van der Waals surface area contributed by atoms with Gasteiger partial charge in [0.1, 0.15) is 5.75 Å². The van der Waals surface area contributed by atoms with E-state index in [1.165, 1.54) is 11.8 Å². The summed E-state index contributed by atoms with van der Waals surface area (Å²) in [6.45, 7) is 0.530. The molecular weight excluding hydrogens is 372 g/mol. The smallest absolute Gasteiger partial charge is 0.210 e. The van der Waals surface area contributed by atoms with E-state index in [9.17, 15) is 4.79 Å². The average molecular weight is 390 g/mol. The van der Waals surface area contributed by atoms with Crippen LogP contribution in [0.25, 0.3) is 10.8 Å². The van der Waals surface area contributed by atoms with Crippen LogP contribution >= 0.6 is 11.8 Å². The van der Waals surface area contributed by atoms with Crippen molar-refractivity contribution in [2.75, 3.05) is 12.9 Å². The van der Waals surface area contributed by atoms with Gasteiger partial charge in [0.05, 0.1) is 19.4 Å². The average Bonchev–Trinajstić information content (AvgIpc) is 3.19. The Kier molecular flexibility index (Phi) is 5.34. The maximum absolute atomic E-state index is 12.8. The number of carbonyl (C=O) groups is 1. The van der Waals surface area contributed by atoms with Crippen molar-refractivity contribution in [2.24, 2.45) is 0 Å². The lowest BCUT2D eigenvalue weighted by molar-refractivity contribution is 0.102. The lowest BCUT2D eigenvalue weighted by atomic mass is 10.0. The highest BCUT2D eigenvalue weighted by Crippen LogP contribution is 2.22. The fourth-order valence-corrected chi connectivity index (χ4v) is 3.74. The summed E-state index contributed by atoms with van der Waals surface area (Å²) in [6, 6.07) is 21.4. The summed E-state index contributed by atoms with van der Waals surface area (Å²) in [6.07, 6.45) is 0. The molecule has 0 aliphatic carbocycles. The van der Waals surface area contributed by atoms with E-state index in [2.05, 4.69) is 15.5 Å². The quantitative estimate of drug-likeness (QED) is 0.353. The van der Waals surface area contributed by atoms with Crippen LogP contribution in [0.15, 0.2) is 71.9 Å². The van der Waals surface area contributed by atoms with Crippen LogP contribution in [0, 0.1) is 0 Å². The Bertz CT molecular complexity index is 1100. The number of methoxy groups -OCH3 is 1. The van der Waals surface area contributed by atoms with Gasteiger partial charge in [-0.3, -0.25) is 4.79 Å². The van der Waals surface area contributed by atoms with E-state index in [0.717, 1.165) is 27.6 Å². The summed E-state index contributed by atoms with van der Waals surface area (Å²) in [7, 11) is 1.64. The van der Waals surface area contributed by atoms with Gasteiger partial charge in [-0.15, -0.1) is 5.10 Å². The van der Waals surface area contributed by atoms with Crippen LogP contribution in [0.1, 0.15) is 15.9 Å². The zero-order chi connectivity index (χ0) is 19.3. The first-order valence-corrected chi connectivity index (χ1v) is 9.76. The number of fused-ring (bicyclic) bond motifs is 1. The van der Waals surface area contributed by atoms with Crippen LogP contribution in [0.5, 0.6) is 5.75 Å². The van der Waals surface area contributed by atoms with Crippen LogP contribution in [0.3, 0.4) is 0 Å². The molecule has 1 heterocycles. The Morgan fingerprint density at radius 3 is 2.64 bits per heavy atom. The molecule has 0 N–H and O–H groups in total. The van der Waals surface area contributed by atoms with E-state index in [1.54, 1.807) is 11.8 Å². The summed E-state index contributed by atoms with van der Waals surface area (Å²) in [5, 5.41) is 14.5. The van der Waals surface area contributed by atoms with Gasteiger partial charge < -0.3 is 4.74 Å². The summed E-state index contributed by atoms with van der Waals surface area (Å²) in [5.41, 5.74) is 1.77. The number of thioether (sulfide) groups is 1. The first-order chi connectivity index (χ1) is 13.7. The number of ether oxygens (including phenoxy) is 1. The zero-order valence-corrected chi connectivity index (χ0v) is 16.1. The van der Waals surface area contributed by atoms with Gasteiger partial charge in [-0.2, -0.15) is 0 Å². The highest BCUT2D eigenvalue weighted by Gasteiger charge is 2.14. The van der Waals surface area contributed by atoms with E-state index < -0.39 is 0 Å². The minimum Gasteiger partial charge on any atom is -0.497 e. The van der Waals surface area contributed by atoms with E-state index in [0.29, 0.717) is 11.7 Å². The van der Waals surface area contributed by atoms with E-state index >= 15 is 0 Å². The molecule has 7 heteroatoms. The second-order valence-electron chi connectivity index (χ2n) is 6.21. The number of tetrazole rings is 1. The standard InChI is InChI=1S/C21H18N4O2S/c1-27-17-11-9-15(10-12-17)13-25-21(22-23-24-25)28-14-20(26)19-8-4-6-16-5-2-3-7-18(16)19/h2-12H,13-14H2,1H3. The van der Waals surface area contributed by atoms with Crippen molar-refractivity contribution in [1.29, 1.82) is 0 Å². The first-order valence-electron chi connectivity index (χ1n) is 8.77. The van der Waals surface area contributed by atoms with Crippen LogP contribution in [0.4, 0.5) is 0 Å². The number of carbonyl (C=O) groups excluding carboxylic acids is 1. The molecule has 0 atom stereocenters. The molecule has 0 unspecified atom stereocenters. The van der Waals surface area contributed by atoms with Gasteiger partial charge in [-0.05, 0) is 38.9 Å². The van der Waals surface area contributed by atoms with Crippen molar-refractivity contribution in [3.8, 4) is 5.75 Å². The third kappa shape index (κ3) is 3.89. The molecule has 0 amide bonds. The fraction of sp³-hybridized carbons (Fsp3) is 0.143. The lowest BCUT2D eigenvalue weighted by Crippen LogP contribution is -2.07. The van der Waals surface area contributed by atoms with Crippen molar-refractivity contribution in [3.05, 3.63) is 77.9 Å². The molecule has 4 rings (SSSR count). The third-order valence-electron chi connectivity index (χ3n) is 4.41. The van der Waals surface area contributed by atoms with E-state index in [-0.39, 0.29) is 11.5 Å². The van der Waals surface area contributed by atoms with Gasteiger partial charge in [-0.1, -0.05) is 66.4 Å². The summed E-state index contributed by atoms with van der Waals surface area (Å²) in [4.78, 5) is 12.8. The molecule has 140 valence electrons. The number of aromatic nitrogens is 4. The number of hydrogen-bond acceptors (Lipinski definition) is 6. The third-order valence-corrected chi connectivity index (χ3v) is 5.37. The van der Waals surface area contributed by atoms with Crippen molar-refractivity contribution >= 4 is 28.3 Å². The predicted octanol–water partition coefficient (Wildman–Crippen LogP) is 3.86. The number of rotatable bonds is 7. The fourth-order valence-electron chi connectivity index (χ4n) is 2.98. The molecule has 28 heavy (non-hydrogen) atoms. The van der Waals surface area contributed by atoms with Crippen LogP contribution < -0.4 is 4.74 Å².